The molecule has 2 nitrogen and oxygen atoms in total. The van der Waals surface area contributed by atoms with Crippen LogP contribution >= 0.6 is 0 Å². The van der Waals surface area contributed by atoms with Crippen molar-refractivity contribution in [2.24, 2.45) is 0 Å². The molecule has 0 unspecified atom stereocenters. The summed E-state index contributed by atoms with van der Waals surface area (Å²) in [6, 6.07) is 19.6. The normalized spacial score (nSPS) is 10.1. The summed E-state index contributed by atoms with van der Waals surface area (Å²) >= 11 is 0. The van der Waals surface area contributed by atoms with Crippen LogP contribution in [0.2, 0.25) is 0 Å². The third-order valence-electron chi connectivity index (χ3n) is 3.10. The fourth-order valence-corrected chi connectivity index (χ4v) is 2.20. The van der Waals surface area contributed by atoms with Crippen LogP contribution in [-0.2, 0) is 0 Å². The summed E-state index contributed by atoms with van der Waals surface area (Å²) in [6.07, 6.45) is 0. The molecule has 18 heavy (non-hydrogen) atoms. The molecule has 0 bridgehead atoms. The Labute approximate surface area is 104 Å². The minimum Gasteiger partial charge on any atom is -0.192 e. The molecular formula is C16H8N2. The summed E-state index contributed by atoms with van der Waals surface area (Å²) < 4.78 is 0. The Kier molecular flexibility index (Phi) is 2.22. The Morgan fingerprint density at radius 1 is 0.611 bits per heavy atom. The number of nitriles is 2. The average Bonchev–Trinajstić information content (AvgIpc) is 2.45. The van der Waals surface area contributed by atoms with Crippen LogP contribution in [0.3, 0.4) is 0 Å². The molecule has 0 N–H and O–H groups in total. The summed E-state index contributed by atoms with van der Waals surface area (Å²) in [7, 11) is 0. The highest BCUT2D eigenvalue weighted by Crippen LogP contribution is 2.26. The molecule has 0 heterocycles. The predicted molar refractivity (Wildman–Crippen MR) is 70.9 cm³/mol. The Balaban J connectivity index is 2.45. The maximum absolute atomic E-state index is 8.96. The molecule has 0 aliphatic carbocycles. The van der Waals surface area contributed by atoms with Crippen LogP contribution in [0.4, 0.5) is 0 Å². The first-order chi connectivity index (χ1) is 8.81. The van der Waals surface area contributed by atoms with Crippen LogP contribution in [0.5, 0.6) is 0 Å². The standard InChI is InChI=1S/C16H8N2/c17-9-11-2-6-15-14(7-11)5-4-13-3-1-12(10-18)8-16(13)15/h1-8H. The summed E-state index contributed by atoms with van der Waals surface area (Å²) in [4.78, 5) is 0. The van der Waals surface area contributed by atoms with Gasteiger partial charge in [0.25, 0.3) is 0 Å². The van der Waals surface area contributed by atoms with E-state index in [0.717, 1.165) is 21.5 Å². The molecule has 0 saturated heterocycles. The number of hydrogen-bond acceptors (Lipinski definition) is 2. The van der Waals surface area contributed by atoms with Crippen molar-refractivity contribution in [2.75, 3.05) is 0 Å². The number of hydrogen-bond donors (Lipinski definition) is 0. The Morgan fingerprint density at radius 2 is 1.22 bits per heavy atom. The van der Waals surface area contributed by atoms with E-state index < -0.39 is 0 Å². The van der Waals surface area contributed by atoms with Gasteiger partial charge < -0.3 is 0 Å². The van der Waals surface area contributed by atoms with Gasteiger partial charge in [0.2, 0.25) is 0 Å². The monoisotopic (exact) mass is 228 g/mol. The van der Waals surface area contributed by atoms with E-state index >= 15 is 0 Å². The molecule has 3 aromatic rings. The average molecular weight is 228 g/mol. The first-order valence-corrected chi connectivity index (χ1v) is 5.58. The van der Waals surface area contributed by atoms with Gasteiger partial charge in [-0.25, -0.2) is 0 Å². The quantitative estimate of drug-likeness (QED) is 0.550. The Morgan fingerprint density at radius 3 is 2.00 bits per heavy atom. The second kappa shape index (κ2) is 3.87. The zero-order valence-corrected chi connectivity index (χ0v) is 9.51. The molecule has 0 atom stereocenters. The summed E-state index contributed by atoms with van der Waals surface area (Å²) in [6.45, 7) is 0. The molecule has 82 valence electrons. The number of rotatable bonds is 0. The highest BCUT2D eigenvalue weighted by molar-refractivity contribution is 6.08. The van der Waals surface area contributed by atoms with E-state index in [9.17, 15) is 0 Å². The van der Waals surface area contributed by atoms with Crippen molar-refractivity contribution in [3.8, 4) is 12.1 Å². The van der Waals surface area contributed by atoms with Gasteiger partial charge >= 0.3 is 0 Å². The zero-order valence-electron chi connectivity index (χ0n) is 9.51. The van der Waals surface area contributed by atoms with E-state index in [1.165, 1.54) is 0 Å². The van der Waals surface area contributed by atoms with Crippen LogP contribution in [0.25, 0.3) is 21.5 Å². The Hall–Kier alpha value is -2.84. The van der Waals surface area contributed by atoms with Gasteiger partial charge in [-0.1, -0.05) is 24.3 Å². The van der Waals surface area contributed by atoms with Gasteiger partial charge in [-0.15, -0.1) is 0 Å². The SMILES string of the molecule is N#Cc1ccc2c(ccc3ccc(C#N)cc32)c1. The van der Waals surface area contributed by atoms with Crippen molar-refractivity contribution in [2.45, 2.75) is 0 Å². The van der Waals surface area contributed by atoms with E-state index in [4.69, 9.17) is 10.5 Å². The van der Waals surface area contributed by atoms with Crippen molar-refractivity contribution in [1.82, 2.24) is 0 Å². The predicted octanol–water partition coefficient (Wildman–Crippen LogP) is 3.74. The molecule has 0 amide bonds. The first-order valence-electron chi connectivity index (χ1n) is 5.58. The highest BCUT2D eigenvalue weighted by atomic mass is 14.2. The lowest BCUT2D eigenvalue weighted by Gasteiger charge is -2.04. The van der Waals surface area contributed by atoms with Crippen LogP contribution < -0.4 is 0 Å². The molecule has 0 radical (unpaired) electrons. The van der Waals surface area contributed by atoms with Gasteiger partial charge in [-0.2, -0.15) is 10.5 Å². The number of nitrogens with zero attached hydrogens (tertiary/aromatic N) is 2. The van der Waals surface area contributed by atoms with Gasteiger partial charge in [0.15, 0.2) is 0 Å². The van der Waals surface area contributed by atoms with Gasteiger partial charge in [0.1, 0.15) is 0 Å². The second-order valence-electron chi connectivity index (χ2n) is 4.16. The maximum Gasteiger partial charge on any atom is 0.0991 e. The second-order valence-corrected chi connectivity index (χ2v) is 4.16. The molecule has 0 aliphatic heterocycles. The highest BCUT2D eigenvalue weighted by Gasteiger charge is 2.02. The van der Waals surface area contributed by atoms with E-state index in [-0.39, 0.29) is 0 Å². The van der Waals surface area contributed by atoms with Crippen molar-refractivity contribution < 1.29 is 0 Å². The Bertz CT molecular complexity index is 848. The molecule has 3 rings (SSSR count). The first kappa shape index (κ1) is 10.3. The van der Waals surface area contributed by atoms with Gasteiger partial charge in [-0.3, -0.25) is 0 Å². The molecule has 0 spiro atoms. The minimum absolute atomic E-state index is 0.651. The fraction of sp³-hybridized carbons (Fsp3) is 0. The maximum atomic E-state index is 8.96. The van der Waals surface area contributed by atoms with E-state index in [2.05, 4.69) is 12.1 Å². The molecule has 0 fully saturated rings. The zero-order chi connectivity index (χ0) is 12.5. The fourth-order valence-electron chi connectivity index (χ4n) is 2.20. The van der Waals surface area contributed by atoms with Crippen molar-refractivity contribution in [3.05, 3.63) is 59.7 Å². The van der Waals surface area contributed by atoms with Gasteiger partial charge in [0.05, 0.1) is 23.3 Å². The molecule has 2 heteroatoms. The van der Waals surface area contributed by atoms with Crippen LogP contribution in [-0.4, -0.2) is 0 Å². The summed E-state index contributed by atoms with van der Waals surface area (Å²) in [5, 5.41) is 22.1. The van der Waals surface area contributed by atoms with Crippen LogP contribution in [0.1, 0.15) is 11.1 Å². The van der Waals surface area contributed by atoms with Crippen molar-refractivity contribution >= 4 is 21.5 Å². The molecule has 0 saturated carbocycles. The van der Waals surface area contributed by atoms with Gasteiger partial charge in [0, 0.05) is 0 Å². The third kappa shape index (κ3) is 1.49. The smallest absolute Gasteiger partial charge is 0.0991 e. The van der Waals surface area contributed by atoms with Crippen LogP contribution in [0, 0.1) is 22.7 Å². The lowest BCUT2D eigenvalue weighted by atomic mass is 9.99. The topological polar surface area (TPSA) is 47.6 Å². The largest absolute Gasteiger partial charge is 0.192 e. The number of fused-ring (bicyclic) bond motifs is 3. The van der Waals surface area contributed by atoms with Crippen molar-refractivity contribution in [1.29, 1.82) is 10.5 Å². The molecule has 0 aliphatic rings. The van der Waals surface area contributed by atoms with E-state index in [0.29, 0.717) is 11.1 Å². The lowest BCUT2D eigenvalue weighted by molar-refractivity contribution is 1.49. The van der Waals surface area contributed by atoms with Crippen molar-refractivity contribution in [3.63, 3.8) is 0 Å². The lowest BCUT2D eigenvalue weighted by Crippen LogP contribution is -1.81. The molecule has 0 aromatic heterocycles. The third-order valence-corrected chi connectivity index (χ3v) is 3.10. The van der Waals surface area contributed by atoms with E-state index in [1.54, 1.807) is 6.07 Å². The van der Waals surface area contributed by atoms with E-state index in [1.807, 2.05) is 42.5 Å². The summed E-state index contributed by atoms with van der Waals surface area (Å²) in [5.74, 6) is 0. The molecular weight excluding hydrogens is 220 g/mol. The molecule has 3 aromatic carbocycles. The summed E-state index contributed by atoms with van der Waals surface area (Å²) in [5.41, 5.74) is 1.30. The van der Waals surface area contributed by atoms with Crippen LogP contribution in [0.15, 0.2) is 48.5 Å². The number of benzene rings is 3. The van der Waals surface area contributed by atoms with Gasteiger partial charge in [-0.05, 0) is 45.8 Å². The minimum atomic E-state index is 0.651.